The van der Waals surface area contributed by atoms with Crippen molar-refractivity contribution in [1.82, 2.24) is 9.38 Å². The largest absolute Gasteiger partial charge is 0.496 e. The number of methoxy groups -OCH3 is 1. The van der Waals surface area contributed by atoms with Gasteiger partial charge in [-0.25, -0.2) is 9.78 Å². The molecule has 0 aliphatic rings. The molecule has 0 bridgehead atoms. The van der Waals surface area contributed by atoms with Gasteiger partial charge in [0.05, 0.1) is 12.8 Å². The lowest BCUT2D eigenvalue weighted by molar-refractivity contribution is -0.131. The summed E-state index contributed by atoms with van der Waals surface area (Å²) in [6.45, 7) is 1.98. The first kappa shape index (κ1) is 14.8. The molecule has 5 nitrogen and oxygen atoms in total. The Morgan fingerprint density at radius 3 is 2.78 bits per heavy atom. The molecule has 0 amide bonds. The van der Waals surface area contributed by atoms with Crippen LogP contribution in [-0.2, 0) is 4.79 Å². The normalized spacial score (nSPS) is 11.2. The fraction of sp³-hybridized carbons (Fsp3) is 0.111. The van der Waals surface area contributed by atoms with Gasteiger partial charge in [-0.1, -0.05) is 18.2 Å². The van der Waals surface area contributed by atoms with Gasteiger partial charge in [0.1, 0.15) is 17.1 Å². The van der Waals surface area contributed by atoms with Crippen molar-refractivity contribution in [3.05, 3.63) is 59.9 Å². The minimum Gasteiger partial charge on any atom is -0.496 e. The molecule has 116 valence electrons. The van der Waals surface area contributed by atoms with Crippen molar-refractivity contribution >= 4 is 17.7 Å². The molecule has 0 spiro atoms. The summed E-state index contributed by atoms with van der Waals surface area (Å²) in [7, 11) is 1.60. The highest BCUT2D eigenvalue weighted by atomic mass is 16.5. The smallest absolute Gasteiger partial charge is 0.328 e. The van der Waals surface area contributed by atoms with Crippen LogP contribution in [0.2, 0.25) is 0 Å². The average Bonchev–Trinajstić information content (AvgIpc) is 2.90. The van der Waals surface area contributed by atoms with Gasteiger partial charge in [0.15, 0.2) is 0 Å². The molecular weight excluding hydrogens is 292 g/mol. The van der Waals surface area contributed by atoms with Crippen LogP contribution in [0.5, 0.6) is 5.75 Å². The maximum Gasteiger partial charge on any atom is 0.328 e. The van der Waals surface area contributed by atoms with Crippen molar-refractivity contribution < 1.29 is 14.6 Å². The Morgan fingerprint density at radius 1 is 1.26 bits per heavy atom. The number of hydrogen-bond acceptors (Lipinski definition) is 3. The Bertz CT molecular complexity index is 910. The predicted octanol–water partition coefficient (Wildman–Crippen LogP) is 3.42. The third-order valence-electron chi connectivity index (χ3n) is 3.55. The van der Waals surface area contributed by atoms with E-state index in [2.05, 4.69) is 4.98 Å². The molecule has 0 fully saturated rings. The number of ether oxygens (including phenoxy) is 1. The monoisotopic (exact) mass is 308 g/mol. The van der Waals surface area contributed by atoms with Crippen LogP contribution in [0.15, 0.2) is 48.7 Å². The number of benzene rings is 1. The quantitative estimate of drug-likeness (QED) is 0.750. The lowest BCUT2D eigenvalue weighted by Crippen LogP contribution is -1.93. The van der Waals surface area contributed by atoms with E-state index in [0.717, 1.165) is 22.9 Å². The second kappa shape index (κ2) is 5.96. The number of rotatable bonds is 4. The van der Waals surface area contributed by atoms with Crippen LogP contribution in [0, 0.1) is 6.92 Å². The first-order chi connectivity index (χ1) is 11.1. The molecule has 0 aliphatic heterocycles. The molecule has 1 N–H and O–H groups in total. The topological polar surface area (TPSA) is 63.8 Å². The van der Waals surface area contributed by atoms with E-state index in [4.69, 9.17) is 9.84 Å². The van der Waals surface area contributed by atoms with Crippen molar-refractivity contribution in [2.24, 2.45) is 0 Å². The summed E-state index contributed by atoms with van der Waals surface area (Å²) in [6.07, 6.45) is 4.61. The molecule has 0 atom stereocenters. The number of carbonyl (C=O) groups is 1. The van der Waals surface area contributed by atoms with E-state index in [0.29, 0.717) is 17.1 Å². The summed E-state index contributed by atoms with van der Waals surface area (Å²) >= 11 is 0. The number of aliphatic carboxylic acids is 1. The number of carboxylic acid groups (broad SMARTS) is 1. The summed E-state index contributed by atoms with van der Waals surface area (Å²) in [6, 6.07) is 11.4. The molecule has 0 saturated heterocycles. The van der Waals surface area contributed by atoms with Gasteiger partial charge in [-0.2, -0.15) is 0 Å². The molecule has 23 heavy (non-hydrogen) atoms. The number of hydrogen-bond donors (Lipinski definition) is 1. The van der Waals surface area contributed by atoms with E-state index in [1.807, 2.05) is 53.9 Å². The fourth-order valence-corrected chi connectivity index (χ4v) is 2.52. The molecule has 0 radical (unpaired) electrons. The van der Waals surface area contributed by atoms with Crippen LogP contribution in [0.3, 0.4) is 0 Å². The first-order valence-electron chi connectivity index (χ1n) is 7.13. The summed E-state index contributed by atoms with van der Waals surface area (Å²) < 4.78 is 7.30. The van der Waals surface area contributed by atoms with Gasteiger partial charge < -0.3 is 9.84 Å². The molecule has 2 heterocycles. The third-order valence-corrected chi connectivity index (χ3v) is 3.55. The van der Waals surface area contributed by atoms with Crippen LogP contribution in [0.4, 0.5) is 0 Å². The summed E-state index contributed by atoms with van der Waals surface area (Å²) in [4.78, 5) is 15.6. The van der Waals surface area contributed by atoms with Gasteiger partial charge >= 0.3 is 5.97 Å². The van der Waals surface area contributed by atoms with Crippen LogP contribution >= 0.6 is 0 Å². The van der Waals surface area contributed by atoms with E-state index in [1.165, 1.54) is 0 Å². The highest BCUT2D eigenvalue weighted by Gasteiger charge is 2.15. The Hall–Kier alpha value is -3.08. The highest BCUT2D eigenvalue weighted by molar-refractivity contribution is 5.88. The predicted molar refractivity (Wildman–Crippen MR) is 88.6 cm³/mol. The standard InChI is InChI=1S/C18H16N2O3/c1-12-7-9-16-19-18(13-5-3-4-6-15(13)23-2)14(20(16)11-12)8-10-17(21)22/h3-11H,1-2H3,(H,21,22)/b10-8+. The van der Waals surface area contributed by atoms with Gasteiger partial charge in [0, 0.05) is 17.8 Å². The Balaban J connectivity index is 2.31. The second-order valence-electron chi connectivity index (χ2n) is 5.15. The number of aryl methyl sites for hydroxylation is 1. The van der Waals surface area contributed by atoms with E-state index < -0.39 is 5.97 Å². The Labute approximate surface area is 133 Å². The molecule has 1 aromatic carbocycles. The van der Waals surface area contributed by atoms with Crippen LogP contribution in [0.25, 0.3) is 23.0 Å². The number of aromatic nitrogens is 2. The minimum absolute atomic E-state index is 0.686. The number of pyridine rings is 1. The Kier molecular flexibility index (Phi) is 3.85. The zero-order chi connectivity index (χ0) is 16.4. The van der Waals surface area contributed by atoms with Crippen LogP contribution in [0.1, 0.15) is 11.3 Å². The van der Waals surface area contributed by atoms with Gasteiger partial charge in [0.25, 0.3) is 0 Å². The molecule has 0 aliphatic carbocycles. The second-order valence-corrected chi connectivity index (χ2v) is 5.15. The maximum absolute atomic E-state index is 10.9. The van der Waals surface area contributed by atoms with Gasteiger partial charge in [-0.05, 0) is 36.8 Å². The zero-order valence-electron chi connectivity index (χ0n) is 12.9. The molecule has 0 saturated carbocycles. The van der Waals surface area contributed by atoms with E-state index in [-0.39, 0.29) is 0 Å². The van der Waals surface area contributed by atoms with Crippen molar-refractivity contribution in [2.75, 3.05) is 7.11 Å². The lowest BCUT2D eigenvalue weighted by Gasteiger charge is -2.07. The Morgan fingerprint density at radius 2 is 2.04 bits per heavy atom. The van der Waals surface area contributed by atoms with Crippen LogP contribution in [-0.4, -0.2) is 27.6 Å². The summed E-state index contributed by atoms with van der Waals surface area (Å²) in [5.41, 5.74) is 4.02. The van der Waals surface area contributed by atoms with Crippen LogP contribution < -0.4 is 4.74 Å². The number of fused-ring (bicyclic) bond motifs is 1. The fourth-order valence-electron chi connectivity index (χ4n) is 2.52. The van der Waals surface area contributed by atoms with Crippen molar-refractivity contribution in [3.8, 4) is 17.0 Å². The number of para-hydroxylation sites is 1. The highest BCUT2D eigenvalue weighted by Crippen LogP contribution is 2.32. The van der Waals surface area contributed by atoms with Crippen molar-refractivity contribution in [3.63, 3.8) is 0 Å². The zero-order valence-corrected chi connectivity index (χ0v) is 12.9. The number of nitrogens with zero attached hydrogens (tertiary/aromatic N) is 2. The van der Waals surface area contributed by atoms with E-state index >= 15 is 0 Å². The molecule has 5 heteroatoms. The third kappa shape index (κ3) is 2.81. The average molecular weight is 308 g/mol. The molecule has 0 unspecified atom stereocenters. The molecule has 2 aromatic heterocycles. The van der Waals surface area contributed by atoms with Crippen molar-refractivity contribution in [2.45, 2.75) is 6.92 Å². The number of imidazole rings is 1. The van der Waals surface area contributed by atoms with Gasteiger partial charge in [0.2, 0.25) is 0 Å². The van der Waals surface area contributed by atoms with E-state index in [1.54, 1.807) is 13.2 Å². The van der Waals surface area contributed by atoms with Gasteiger partial charge in [-0.3, -0.25) is 4.40 Å². The molecule has 3 rings (SSSR count). The number of carboxylic acids is 1. The van der Waals surface area contributed by atoms with E-state index in [9.17, 15) is 4.79 Å². The SMILES string of the molecule is COc1ccccc1-c1nc2ccc(C)cn2c1/C=C/C(=O)O. The summed E-state index contributed by atoms with van der Waals surface area (Å²) in [5, 5.41) is 8.96. The lowest BCUT2D eigenvalue weighted by atomic mass is 10.1. The molecule has 3 aromatic rings. The summed E-state index contributed by atoms with van der Waals surface area (Å²) in [5.74, 6) is -0.309. The van der Waals surface area contributed by atoms with Gasteiger partial charge in [-0.15, -0.1) is 0 Å². The maximum atomic E-state index is 10.9. The first-order valence-corrected chi connectivity index (χ1v) is 7.13. The minimum atomic E-state index is -1.00. The molecular formula is C18H16N2O3. The van der Waals surface area contributed by atoms with Crippen molar-refractivity contribution in [1.29, 1.82) is 0 Å².